The van der Waals surface area contributed by atoms with E-state index in [1.54, 1.807) is 0 Å². The van der Waals surface area contributed by atoms with E-state index in [1.165, 1.54) is 4.90 Å². The largest absolute Gasteiger partial charge is 0.479 e. The van der Waals surface area contributed by atoms with Crippen molar-refractivity contribution in [2.24, 2.45) is 0 Å². The second-order valence-electron chi connectivity index (χ2n) is 7.22. The van der Waals surface area contributed by atoms with Crippen molar-refractivity contribution < 1.29 is 29.0 Å². The smallest absolute Gasteiger partial charge is 0.407 e. The molecule has 1 aliphatic heterocycles. The van der Waals surface area contributed by atoms with Crippen LogP contribution in [0.25, 0.3) is 11.1 Å². The number of aliphatic carboxylic acids is 1. The van der Waals surface area contributed by atoms with Crippen LogP contribution in [0.1, 0.15) is 17.0 Å². The van der Waals surface area contributed by atoms with Gasteiger partial charge in [0.05, 0.1) is 13.2 Å². The molecule has 1 unspecified atom stereocenters. The fourth-order valence-electron chi connectivity index (χ4n) is 3.93. The van der Waals surface area contributed by atoms with Gasteiger partial charge in [-0.1, -0.05) is 48.5 Å². The Kier molecular flexibility index (Phi) is 5.67. The molecule has 0 spiro atoms. The molecular formula is C22H22N2O6. The number of hydrogen-bond donors (Lipinski definition) is 2. The molecule has 30 heavy (non-hydrogen) atoms. The van der Waals surface area contributed by atoms with E-state index >= 15 is 0 Å². The molecule has 1 saturated heterocycles. The minimum absolute atomic E-state index is 0.0411. The molecule has 8 nitrogen and oxygen atoms in total. The molecule has 1 atom stereocenters. The van der Waals surface area contributed by atoms with Crippen molar-refractivity contribution >= 4 is 18.0 Å². The number of carboxylic acid groups (broad SMARTS) is 1. The summed E-state index contributed by atoms with van der Waals surface area (Å²) in [6.45, 7) is 0.291. The van der Waals surface area contributed by atoms with Crippen molar-refractivity contribution in [1.29, 1.82) is 0 Å². The molecule has 0 bridgehead atoms. The Balaban J connectivity index is 1.31. The maximum Gasteiger partial charge on any atom is 0.407 e. The molecule has 1 heterocycles. The number of ether oxygens (including phenoxy) is 2. The van der Waals surface area contributed by atoms with Crippen LogP contribution in [0.15, 0.2) is 48.5 Å². The van der Waals surface area contributed by atoms with Crippen LogP contribution in [-0.4, -0.2) is 66.9 Å². The second kappa shape index (κ2) is 8.54. The van der Waals surface area contributed by atoms with Crippen molar-refractivity contribution in [3.8, 4) is 11.1 Å². The number of benzene rings is 2. The lowest BCUT2D eigenvalue weighted by Crippen LogP contribution is -2.51. The third-order valence-electron chi connectivity index (χ3n) is 5.42. The number of hydrogen-bond acceptors (Lipinski definition) is 5. The molecule has 2 aromatic carbocycles. The van der Waals surface area contributed by atoms with E-state index in [2.05, 4.69) is 17.4 Å². The summed E-state index contributed by atoms with van der Waals surface area (Å²) in [6.07, 6.45) is -1.73. The number of amides is 2. The molecule has 2 aliphatic rings. The Bertz CT molecular complexity index is 930. The van der Waals surface area contributed by atoms with Gasteiger partial charge in [0.25, 0.3) is 0 Å². The van der Waals surface area contributed by atoms with Gasteiger partial charge in [0.1, 0.15) is 13.2 Å². The van der Waals surface area contributed by atoms with Gasteiger partial charge in [-0.25, -0.2) is 9.59 Å². The molecule has 0 aromatic heterocycles. The van der Waals surface area contributed by atoms with Crippen molar-refractivity contribution in [3.05, 3.63) is 59.7 Å². The Morgan fingerprint density at radius 3 is 2.33 bits per heavy atom. The van der Waals surface area contributed by atoms with Gasteiger partial charge >= 0.3 is 12.1 Å². The average Bonchev–Trinajstić information content (AvgIpc) is 3.10. The van der Waals surface area contributed by atoms with Gasteiger partial charge in [-0.2, -0.15) is 0 Å². The topological polar surface area (TPSA) is 105 Å². The lowest BCUT2D eigenvalue weighted by Gasteiger charge is -2.30. The summed E-state index contributed by atoms with van der Waals surface area (Å²) in [7, 11) is 0. The maximum atomic E-state index is 12.3. The number of morpholine rings is 1. The van der Waals surface area contributed by atoms with Gasteiger partial charge in [0.15, 0.2) is 6.10 Å². The number of carboxylic acids is 1. The highest BCUT2D eigenvalue weighted by Crippen LogP contribution is 2.44. The highest BCUT2D eigenvalue weighted by atomic mass is 16.5. The number of nitrogens with zero attached hydrogens (tertiary/aromatic N) is 1. The zero-order chi connectivity index (χ0) is 21.1. The van der Waals surface area contributed by atoms with E-state index in [1.807, 2.05) is 36.4 Å². The van der Waals surface area contributed by atoms with Crippen LogP contribution in [0, 0.1) is 0 Å². The third kappa shape index (κ3) is 3.99. The van der Waals surface area contributed by atoms with Crippen LogP contribution in [0.4, 0.5) is 4.79 Å². The first-order valence-corrected chi connectivity index (χ1v) is 9.75. The van der Waals surface area contributed by atoms with Crippen LogP contribution in [-0.2, 0) is 19.1 Å². The zero-order valence-corrected chi connectivity index (χ0v) is 16.2. The predicted octanol–water partition coefficient (Wildman–Crippen LogP) is 1.84. The lowest BCUT2D eigenvalue weighted by molar-refractivity contribution is -0.159. The van der Waals surface area contributed by atoms with E-state index < -0.39 is 18.2 Å². The van der Waals surface area contributed by atoms with Gasteiger partial charge < -0.3 is 24.8 Å². The van der Waals surface area contributed by atoms with E-state index in [0.717, 1.165) is 22.3 Å². The maximum absolute atomic E-state index is 12.3. The molecule has 2 N–H and O–H groups in total. The van der Waals surface area contributed by atoms with Gasteiger partial charge in [0, 0.05) is 12.5 Å². The molecular weight excluding hydrogens is 388 g/mol. The highest BCUT2D eigenvalue weighted by molar-refractivity contribution is 5.83. The minimum Gasteiger partial charge on any atom is -0.479 e. The van der Waals surface area contributed by atoms with Crippen LogP contribution in [0.3, 0.4) is 0 Å². The number of rotatable bonds is 5. The minimum atomic E-state index is -1.11. The first-order chi connectivity index (χ1) is 14.5. The predicted molar refractivity (Wildman–Crippen MR) is 107 cm³/mol. The summed E-state index contributed by atoms with van der Waals surface area (Å²) in [6, 6.07) is 16.1. The molecule has 1 aliphatic carbocycles. The quantitative estimate of drug-likeness (QED) is 0.779. The Morgan fingerprint density at radius 1 is 1.07 bits per heavy atom. The molecule has 2 aromatic rings. The number of carbonyl (C=O) groups is 3. The normalized spacial score (nSPS) is 17.7. The molecule has 8 heteroatoms. The number of alkyl carbamates (subject to hydrolysis) is 1. The fraction of sp³-hybridized carbons (Fsp3) is 0.318. The SMILES string of the molecule is O=C(NCC(=O)N1CCOC(C(=O)O)C1)OCC1c2ccccc2-c2ccccc21. The molecule has 4 rings (SSSR count). The van der Waals surface area contributed by atoms with Gasteiger partial charge in [0.2, 0.25) is 5.91 Å². The number of carbonyl (C=O) groups excluding carboxylic acids is 2. The van der Waals surface area contributed by atoms with Crippen molar-refractivity contribution in [2.75, 3.05) is 32.8 Å². The molecule has 156 valence electrons. The van der Waals surface area contributed by atoms with Gasteiger partial charge in [-0.05, 0) is 22.3 Å². The van der Waals surface area contributed by atoms with Crippen LogP contribution >= 0.6 is 0 Å². The molecule has 1 fully saturated rings. The zero-order valence-electron chi connectivity index (χ0n) is 16.2. The standard InChI is InChI=1S/C22H22N2O6/c25-20(24-9-10-29-19(12-24)21(26)27)11-23-22(28)30-13-18-16-7-3-1-5-14(16)15-6-2-4-8-17(15)18/h1-8,18-19H,9-13H2,(H,23,28)(H,26,27). The van der Waals surface area contributed by atoms with Gasteiger partial charge in [-0.3, -0.25) is 4.79 Å². The summed E-state index contributed by atoms with van der Waals surface area (Å²) in [4.78, 5) is 36.8. The van der Waals surface area contributed by atoms with Crippen molar-refractivity contribution in [3.63, 3.8) is 0 Å². The van der Waals surface area contributed by atoms with E-state index in [9.17, 15) is 14.4 Å². The van der Waals surface area contributed by atoms with E-state index in [-0.39, 0.29) is 44.7 Å². The van der Waals surface area contributed by atoms with Gasteiger partial charge in [-0.15, -0.1) is 0 Å². The summed E-state index contributed by atoms with van der Waals surface area (Å²) in [5, 5.41) is 11.5. The third-order valence-corrected chi connectivity index (χ3v) is 5.42. The second-order valence-corrected chi connectivity index (χ2v) is 7.22. The summed E-state index contributed by atoms with van der Waals surface area (Å²) < 4.78 is 10.5. The lowest BCUT2D eigenvalue weighted by atomic mass is 9.98. The Morgan fingerprint density at radius 2 is 1.70 bits per heavy atom. The van der Waals surface area contributed by atoms with Crippen molar-refractivity contribution in [1.82, 2.24) is 10.2 Å². The highest BCUT2D eigenvalue weighted by Gasteiger charge is 2.30. The summed E-state index contributed by atoms with van der Waals surface area (Å²) in [5.41, 5.74) is 4.49. The Labute approximate surface area is 173 Å². The fourth-order valence-corrected chi connectivity index (χ4v) is 3.93. The van der Waals surface area contributed by atoms with Crippen LogP contribution in [0.5, 0.6) is 0 Å². The van der Waals surface area contributed by atoms with Crippen molar-refractivity contribution in [2.45, 2.75) is 12.0 Å². The average molecular weight is 410 g/mol. The van der Waals surface area contributed by atoms with Crippen LogP contribution < -0.4 is 5.32 Å². The van der Waals surface area contributed by atoms with E-state index in [0.29, 0.717) is 0 Å². The first kappa shape index (κ1) is 19.9. The Hall–Kier alpha value is -3.39. The molecule has 2 amide bonds. The summed E-state index contributed by atoms with van der Waals surface area (Å²) in [5.74, 6) is -1.55. The van der Waals surface area contributed by atoms with E-state index in [4.69, 9.17) is 14.6 Å². The van der Waals surface area contributed by atoms with Crippen LogP contribution in [0.2, 0.25) is 0 Å². The number of nitrogens with one attached hydrogen (secondary N) is 1. The molecule has 0 radical (unpaired) electrons. The monoisotopic (exact) mass is 410 g/mol. The molecule has 0 saturated carbocycles. The number of fused-ring (bicyclic) bond motifs is 3. The first-order valence-electron chi connectivity index (χ1n) is 9.75. The summed E-state index contributed by atoms with van der Waals surface area (Å²) >= 11 is 0.